The number of aromatic nitrogens is 2. The number of hydrogen-bond donors (Lipinski definition) is 1. The van der Waals surface area contributed by atoms with E-state index in [0.29, 0.717) is 18.1 Å². The van der Waals surface area contributed by atoms with Gasteiger partial charge in [0, 0.05) is 6.20 Å². The largest absolute Gasteiger partial charge is 0.465 e. The molecule has 1 saturated carbocycles. The fraction of sp³-hybridized carbons (Fsp3) is 0.733. The Bertz CT molecular complexity index is 480. The van der Waals surface area contributed by atoms with Crippen LogP contribution in [0.3, 0.4) is 0 Å². The van der Waals surface area contributed by atoms with Crippen LogP contribution in [-0.2, 0) is 9.53 Å². The Kier molecular flexibility index (Phi) is 5.27. The average Bonchev–Trinajstić information content (AvgIpc) is 2.80. The molecule has 21 heavy (non-hydrogen) atoms. The third-order valence-electron chi connectivity index (χ3n) is 4.14. The molecule has 0 saturated heterocycles. The molecule has 0 bridgehead atoms. The lowest BCUT2D eigenvalue weighted by molar-refractivity contribution is -0.153. The zero-order valence-corrected chi connectivity index (χ0v) is 13.7. The Morgan fingerprint density at radius 3 is 2.95 bits per heavy atom. The van der Waals surface area contributed by atoms with E-state index < -0.39 is 5.54 Å². The molecule has 1 aromatic rings. The monoisotopic (exact) mass is 313 g/mol. The van der Waals surface area contributed by atoms with Crippen LogP contribution in [0.15, 0.2) is 6.20 Å². The second-order valence-corrected chi connectivity index (χ2v) is 6.03. The SMILES string of the molecule is CCNC1(C(=O)OCC)CCCC(n2cc(Cl)c(C)n2)C1. The molecule has 0 aromatic carbocycles. The van der Waals surface area contributed by atoms with Crippen LogP contribution in [0.4, 0.5) is 0 Å². The summed E-state index contributed by atoms with van der Waals surface area (Å²) in [5, 5.41) is 8.50. The zero-order chi connectivity index (χ0) is 15.5. The van der Waals surface area contributed by atoms with Crippen LogP contribution in [0.25, 0.3) is 0 Å². The van der Waals surface area contributed by atoms with Crippen molar-refractivity contribution < 1.29 is 9.53 Å². The van der Waals surface area contributed by atoms with Gasteiger partial charge in [0.2, 0.25) is 0 Å². The van der Waals surface area contributed by atoms with Crippen molar-refractivity contribution in [3.8, 4) is 0 Å². The third kappa shape index (κ3) is 3.40. The molecule has 2 atom stereocenters. The summed E-state index contributed by atoms with van der Waals surface area (Å²) >= 11 is 6.10. The number of nitrogens with one attached hydrogen (secondary N) is 1. The van der Waals surface area contributed by atoms with Gasteiger partial charge in [-0.15, -0.1) is 0 Å². The average molecular weight is 314 g/mol. The molecule has 1 aliphatic carbocycles. The molecule has 118 valence electrons. The number of hydrogen-bond acceptors (Lipinski definition) is 4. The van der Waals surface area contributed by atoms with E-state index >= 15 is 0 Å². The van der Waals surface area contributed by atoms with Gasteiger partial charge in [-0.3, -0.25) is 9.48 Å². The van der Waals surface area contributed by atoms with Gasteiger partial charge < -0.3 is 10.1 Å². The van der Waals surface area contributed by atoms with Crippen molar-refractivity contribution in [2.45, 2.75) is 58.0 Å². The summed E-state index contributed by atoms with van der Waals surface area (Å²) in [4.78, 5) is 12.4. The normalized spacial score (nSPS) is 25.8. The van der Waals surface area contributed by atoms with Crippen LogP contribution in [0, 0.1) is 6.92 Å². The molecule has 6 heteroatoms. The number of carbonyl (C=O) groups is 1. The lowest BCUT2D eigenvalue weighted by Crippen LogP contribution is -2.55. The van der Waals surface area contributed by atoms with Crippen LogP contribution >= 0.6 is 11.6 Å². The number of rotatable bonds is 5. The molecular formula is C15H24ClN3O2. The number of carbonyl (C=O) groups excluding carboxylic acids is 1. The van der Waals surface area contributed by atoms with E-state index in [0.717, 1.165) is 31.5 Å². The van der Waals surface area contributed by atoms with Gasteiger partial charge >= 0.3 is 5.97 Å². The van der Waals surface area contributed by atoms with Crippen molar-refractivity contribution in [2.24, 2.45) is 0 Å². The molecule has 1 fully saturated rings. The van der Waals surface area contributed by atoms with Crippen LogP contribution in [-0.4, -0.2) is 34.4 Å². The maximum Gasteiger partial charge on any atom is 0.326 e. The first-order chi connectivity index (χ1) is 10.0. The minimum Gasteiger partial charge on any atom is -0.465 e. The number of nitrogens with zero attached hydrogens (tertiary/aromatic N) is 2. The molecule has 1 aliphatic rings. The van der Waals surface area contributed by atoms with Gasteiger partial charge in [-0.25, -0.2) is 0 Å². The molecule has 5 nitrogen and oxygen atoms in total. The van der Waals surface area contributed by atoms with Crippen LogP contribution in [0.5, 0.6) is 0 Å². The van der Waals surface area contributed by atoms with E-state index in [4.69, 9.17) is 16.3 Å². The summed E-state index contributed by atoms with van der Waals surface area (Å²) in [5.41, 5.74) is 0.229. The van der Waals surface area contributed by atoms with Crippen LogP contribution in [0.1, 0.15) is 51.3 Å². The van der Waals surface area contributed by atoms with E-state index in [1.165, 1.54) is 0 Å². The maximum absolute atomic E-state index is 12.4. The van der Waals surface area contributed by atoms with E-state index in [1.54, 1.807) is 0 Å². The molecule has 1 N–H and O–H groups in total. The van der Waals surface area contributed by atoms with Gasteiger partial charge in [-0.05, 0) is 46.1 Å². The minimum atomic E-state index is -0.597. The van der Waals surface area contributed by atoms with Crippen LogP contribution < -0.4 is 5.32 Å². The van der Waals surface area contributed by atoms with Gasteiger partial charge in [-0.1, -0.05) is 18.5 Å². The number of halogens is 1. The molecule has 0 radical (unpaired) electrons. The Hall–Kier alpha value is -1.07. The topological polar surface area (TPSA) is 56.1 Å². The first-order valence-corrected chi connectivity index (χ1v) is 8.03. The number of likely N-dealkylation sites (N-methyl/N-ethyl adjacent to an activating group) is 1. The molecule has 0 aliphatic heterocycles. The fourth-order valence-corrected chi connectivity index (χ4v) is 3.28. The maximum atomic E-state index is 12.4. The van der Waals surface area contributed by atoms with E-state index in [1.807, 2.05) is 31.6 Å². The second kappa shape index (κ2) is 6.79. The highest BCUT2D eigenvalue weighted by atomic mass is 35.5. The van der Waals surface area contributed by atoms with E-state index in [2.05, 4.69) is 10.4 Å². The van der Waals surface area contributed by atoms with Crippen molar-refractivity contribution >= 4 is 17.6 Å². The second-order valence-electron chi connectivity index (χ2n) is 5.63. The van der Waals surface area contributed by atoms with Crippen LogP contribution in [0.2, 0.25) is 5.02 Å². The van der Waals surface area contributed by atoms with Gasteiger partial charge in [0.1, 0.15) is 5.54 Å². The Morgan fingerprint density at radius 2 is 2.38 bits per heavy atom. The predicted molar refractivity (Wildman–Crippen MR) is 82.5 cm³/mol. The third-order valence-corrected chi connectivity index (χ3v) is 4.51. The summed E-state index contributed by atoms with van der Waals surface area (Å²) in [7, 11) is 0. The van der Waals surface area contributed by atoms with Crippen molar-refractivity contribution in [3.05, 3.63) is 16.9 Å². The molecule has 1 aromatic heterocycles. The van der Waals surface area contributed by atoms with Gasteiger partial charge in [-0.2, -0.15) is 5.10 Å². The smallest absolute Gasteiger partial charge is 0.326 e. The van der Waals surface area contributed by atoms with Crippen molar-refractivity contribution in [1.82, 2.24) is 15.1 Å². The summed E-state index contributed by atoms with van der Waals surface area (Å²) in [6, 6.07) is 0.174. The molecule has 1 heterocycles. The van der Waals surface area contributed by atoms with E-state index in [-0.39, 0.29) is 12.0 Å². The van der Waals surface area contributed by atoms with Crippen molar-refractivity contribution in [1.29, 1.82) is 0 Å². The quantitative estimate of drug-likeness (QED) is 0.849. The van der Waals surface area contributed by atoms with Gasteiger partial charge in [0.15, 0.2) is 0 Å². The standard InChI is InChI=1S/C15H24ClN3O2/c1-4-17-15(14(20)21-5-2)8-6-7-12(9-15)19-10-13(16)11(3)18-19/h10,12,17H,4-9H2,1-3H3. The minimum absolute atomic E-state index is 0.147. The predicted octanol–water partition coefficient (Wildman–Crippen LogP) is 2.87. The Balaban J connectivity index is 2.21. The van der Waals surface area contributed by atoms with Crippen molar-refractivity contribution in [3.63, 3.8) is 0 Å². The highest BCUT2D eigenvalue weighted by Gasteiger charge is 2.44. The number of esters is 1. The molecule has 0 amide bonds. The van der Waals surface area contributed by atoms with Crippen molar-refractivity contribution in [2.75, 3.05) is 13.2 Å². The molecular weight excluding hydrogens is 290 g/mol. The first-order valence-electron chi connectivity index (χ1n) is 7.66. The summed E-state index contributed by atoms with van der Waals surface area (Å²) in [6.07, 6.45) is 5.33. The summed E-state index contributed by atoms with van der Waals surface area (Å²) in [6.45, 7) is 6.90. The molecule has 0 spiro atoms. The first kappa shape index (κ1) is 16.3. The highest BCUT2D eigenvalue weighted by Crippen LogP contribution is 2.36. The highest BCUT2D eigenvalue weighted by molar-refractivity contribution is 6.31. The van der Waals surface area contributed by atoms with Gasteiger partial charge in [0.05, 0.1) is 23.4 Å². The molecule has 2 unspecified atom stereocenters. The summed E-state index contributed by atoms with van der Waals surface area (Å²) < 4.78 is 7.20. The van der Waals surface area contributed by atoms with E-state index in [9.17, 15) is 4.79 Å². The summed E-state index contributed by atoms with van der Waals surface area (Å²) in [5.74, 6) is -0.147. The lowest BCUT2D eigenvalue weighted by atomic mass is 9.79. The number of ether oxygens (including phenoxy) is 1. The zero-order valence-electron chi connectivity index (χ0n) is 13.0. The lowest BCUT2D eigenvalue weighted by Gasteiger charge is -2.39. The Labute approximate surface area is 131 Å². The van der Waals surface area contributed by atoms with Gasteiger partial charge in [0.25, 0.3) is 0 Å². The fourth-order valence-electron chi connectivity index (χ4n) is 3.14. The number of aryl methyl sites for hydroxylation is 1. The molecule has 2 rings (SSSR count). The Morgan fingerprint density at radius 1 is 1.62 bits per heavy atom.